The number of esters is 2. The Balaban J connectivity index is 2.07. The van der Waals surface area contributed by atoms with Gasteiger partial charge in [0.2, 0.25) is 0 Å². The summed E-state index contributed by atoms with van der Waals surface area (Å²) >= 11 is 6.29. The Morgan fingerprint density at radius 2 is 1.47 bits per heavy atom. The fourth-order valence-corrected chi connectivity index (χ4v) is 3.21. The molecule has 6 nitrogen and oxygen atoms in total. The number of nitrogens with one attached hydrogen (secondary N) is 1. The number of carbonyl (C=O) groups is 3. The summed E-state index contributed by atoms with van der Waals surface area (Å²) in [6.45, 7) is 0. The van der Waals surface area contributed by atoms with Gasteiger partial charge in [0.1, 0.15) is 0 Å². The lowest BCUT2D eigenvalue weighted by atomic mass is 10.0. The topological polar surface area (TPSA) is 81.7 Å². The van der Waals surface area contributed by atoms with Gasteiger partial charge in [-0.15, -0.1) is 0 Å². The molecule has 32 heavy (non-hydrogen) atoms. The van der Waals surface area contributed by atoms with E-state index in [1.165, 1.54) is 32.4 Å². The highest BCUT2D eigenvalue weighted by molar-refractivity contribution is 6.34. The van der Waals surface area contributed by atoms with Crippen molar-refractivity contribution in [2.24, 2.45) is 0 Å². The molecular formula is C25H20ClNO5. The highest BCUT2D eigenvalue weighted by Crippen LogP contribution is 2.26. The van der Waals surface area contributed by atoms with Crippen LogP contribution in [-0.2, 0) is 14.3 Å². The van der Waals surface area contributed by atoms with Gasteiger partial charge in [0.05, 0.1) is 31.0 Å². The number of halogens is 1. The van der Waals surface area contributed by atoms with Gasteiger partial charge in [0.25, 0.3) is 5.91 Å². The molecule has 0 fully saturated rings. The molecule has 0 bridgehead atoms. The fourth-order valence-electron chi connectivity index (χ4n) is 3.02. The zero-order chi connectivity index (χ0) is 23.1. The summed E-state index contributed by atoms with van der Waals surface area (Å²) in [7, 11) is 2.48. The van der Waals surface area contributed by atoms with E-state index in [-0.39, 0.29) is 16.8 Å². The summed E-state index contributed by atoms with van der Waals surface area (Å²) in [5, 5.41) is 3.21. The van der Waals surface area contributed by atoms with E-state index in [4.69, 9.17) is 21.1 Å². The van der Waals surface area contributed by atoms with Gasteiger partial charge in [-0.2, -0.15) is 0 Å². The molecule has 0 saturated heterocycles. The van der Waals surface area contributed by atoms with Gasteiger partial charge in [0, 0.05) is 10.6 Å². The predicted molar refractivity (Wildman–Crippen MR) is 124 cm³/mol. The first kappa shape index (κ1) is 22.8. The number of rotatable bonds is 6. The van der Waals surface area contributed by atoms with E-state index in [1.807, 2.05) is 12.1 Å². The zero-order valence-corrected chi connectivity index (χ0v) is 18.2. The maximum absolute atomic E-state index is 13.4. The SMILES string of the molecule is COC(=O)c1ccc(C(=O)OC)c(NC(=O)/C(=C/c2ccccc2Cl)c2ccccc2)c1. The summed E-state index contributed by atoms with van der Waals surface area (Å²) in [4.78, 5) is 37.5. The largest absolute Gasteiger partial charge is 0.465 e. The van der Waals surface area contributed by atoms with Crippen LogP contribution in [0, 0.1) is 0 Å². The predicted octanol–water partition coefficient (Wildman–Crippen LogP) is 5.09. The molecule has 3 aromatic rings. The molecule has 0 aliphatic rings. The van der Waals surface area contributed by atoms with Crippen molar-refractivity contribution >= 4 is 46.8 Å². The van der Waals surface area contributed by atoms with Crippen molar-refractivity contribution in [3.63, 3.8) is 0 Å². The molecule has 1 N–H and O–H groups in total. The Bertz CT molecular complexity index is 1190. The first-order chi connectivity index (χ1) is 15.4. The number of hydrogen-bond acceptors (Lipinski definition) is 5. The molecule has 0 saturated carbocycles. The van der Waals surface area contributed by atoms with Crippen LogP contribution in [0.25, 0.3) is 11.6 Å². The minimum absolute atomic E-state index is 0.0960. The Labute approximate surface area is 190 Å². The van der Waals surface area contributed by atoms with Crippen molar-refractivity contribution in [3.8, 4) is 0 Å². The molecule has 1 amide bonds. The van der Waals surface area contributed by atoms with Gasteiger partial charge >= 0.3 is 11.9 Å². The third-order valence-corrected chi connectivity index (χ3v) is 4.97. The number of hydrogen-bond donors (Lipinski definition) is 1. The van der Waals surface area contributed by atoms with Gasteiger partial charge in [-0.05, 0) is 41.5 Å². The van der Waals surface area contributed by atoms with Gasteiger partial charge in [0.15, 0.2) is 0 Å². The first-order valence-corrected chi connectivity index (χ1v) is 9.96. The van der Waals surface area contributed by atoms with Crippen molar-refractivity contribution in [1.29, 1.82) is 0 Å². The van der Waals surface area contributed by atoms with Crippen molar-refractivity contribution in [1.82, 2.24) is 0 Å². The summed E-state index contributed by atoms with van der Waals surface area (Å²) < 4.78 is 9.54. The number of amides is 1. The third kappa shape index (κ3) is 5.22. The first-order valence-electron chi connectivity index (χ1n) is 9.58. The molecule has 7 heteroatoms. The number of benzene rings is 3. The third-order valence-electron chi connectivity index (χ3n) is 4.63. The Hall–Kier alpha value is -3.90. The van der Waals surface area contributed by atoms with Crippen LogP contribution in [0.5, 0.6) is 0 Å². The van der Waals surface area contributed by atoms with Crippen LogP contribution in [0.3, 0.4) is 0 Å². The maximum atomic E-state index is 13.4. The minimum atomic E-state index is -0.659. The average molecular weight is 450 g/mol. The smallest absolute Gasteiger partial charge is 0.339 e. The van der Waals surface area contributed by atoms with Crippen molar-refractivity contribution in [2.75, 3.05) is 19.5 Å². The van der Waals surface area contributed by atoms with Crippen LogP contribution in [-0.4, -0.2) is 32.1 Å². The standard InChI is InChI=1S/C25H20ClNO5/c1-31-24(29)18-12-13-19(25(30)32-2)22(15-18)27-23(28)20(16-8-4-3-5-9-16)14-17-10-6-7-11-21(17)26/h3-15H,1-2H3,(H,27,28)/b20-14+. The zero-order valence-electron chi connectivity index (χ0n) is 17.4. The van der Waals surface area contributed by atoms with Crippen LogP contribution in [0.1, 0.15) is 31.8 Å². The van der Waals surface area contributed by atoms with Crippen LogP contribution in [0.2, 0.25) is 5.02 Å². The molecule has 0 radical (unpaired) electrons. The second-order valence-corrected chi connectivity index (χ2v) is 7.05. The lowest BCUT2D eigenvalue weighted by Gasteiger charge is -2.14. The quantitative estimate of drug-likeness (QED) is 0.322. The van der Waals surface area contributed by atoms with E-state index in [0.717, 1.165) is 0 Å². The van der Waals surface area contributed by atoms with Crippen LogP contribution in [0.4, 0.5) is 5.69 Å². The highest BCUT2D eigenvalue weighted by atomic mass is 35.5. The van der Waals surface area contributed by atoms with Gasteiger partial charge in [-0.1, -0.05) is 60.1 Å². The lowest BCUT2D eigenvalue weighted by molar-refractivity contribution is -0.111. The molecule has 0 aliphatic carbocycles. The minimum Gasteiger partial charge on any atom is -0.465 e. The van der Waals surface area contributed by atoms with E-state index in [9.17, 15) is 14.4 Å². The Kier molecular flexibility index (Phi) is 7.41. The fraction of sp³-hybridized carbons (Fsp3) is 0.0800. The molecule has 3 rings (SSSR count). The van der Waals surface area contributed by atoms with E-state index < -0.39 is 17.8 Å². The summed E-state index contributed by atoms with van der Waals surface area (Å²) in [5.74, 6) is -1.76. The molecule has 0 atom stereocenters. The normalized spacial score (nSPS) is 10.9. The van der Waals surface area contributed by atoms with Gasteiger partial charge < -0.3 is 14.8 Å². The van der Waals surface area contributed by atoms with E-state index in [1.54, 1.807) is 48.5 Å². The molecule has 162 valence electrons. The second-order valence-electron chi connectivity index (χ2n) is 6.64. The van der Waals surface area contributed by atoms with Crippen LogP contribution in [0.15, 0.2) is 72.8 Å². The number of anilines is 1. The molecule has 0 aromatic heterocycles. The summed E-state index contributed by atoms with van der Waals surface area (Å²) in [6.07, 6.45) is 1.66. The number of methoxy groups -OCH3 is 2. The molecule has 0 heterocycles. The van der Waals surface area contributed by atoms with Crippen molar-refractivity contribution in [3.05, 3.63) is 100 Å². The van der Waals surface area contributed by atoms with Crippen molar-refractivity contribution < 1.29 is 23.9 Å². The van der Waals surface area contributed by atoms with Gasteiger partial charge in [-0.3, -0.25) is 4.79 Å². The highest BCUT2D eigenvalue weighted by Gasteiger charge is 2.20. The second kappa shape index (κ2) is 10.4. The van der Waals surface area contributed by atoms with Crippen LogP contribution < -0.4 is 5.32 Å². The Morgan fingerprint density at radius 3 is 2.12 bits per heavy atom. The van der Waals surface area contributed by atoms with Crippen molar-refractivity contribution in [2.45, 2.75) is 0 Å². The summed E-state index contributed by atoms with van der Waals surface area (Å²) in [5.41, 5.74) is 2.00. The molecule has 3 aromatic carbocycles. The van der Waals surface area contributed by atoms with E-state index >= 15 is 0 Å². The number of ether oxygens (including phenoxy) is 2. The molecule has 0 aliphatic heterocycles. The maximum Gasteiger partial charge on any atom is 0.339 e. The van der Waals surface area contributed by atoms with Gasteiger partial charge in [-0.25, -0.2) is 9.59 Å². The number of carbonyl (C=O) groups excluding carboxylic acids is 3. The van der Waals surface area contributed by atoms with E-state index in [0.29, 0.717) is 21.7 Å². The molecule has 0 spiro atoms. The average Bonchev–Trinajstić information content (AvgIpc) is 2.83. The molecule has 0 unspecified atom stereocenters. The molecular weight excluding hydrogens is 430 g/mol. The lowest BCUT2D eigenvalue weighted by Crippen LogP contribution is -2.17. The summed E-state index contributed by atoms with van der Waals surface area (Å²) in [6, 6.07) is 20.3. The van der Waals surface area contributed by atoms with E-state index in [2.05, 4.69) is 5.32 Å². The van der Waals surface area contributed by atoms with Crippen LogP contribution >= 0.6 is 11.6 Å². The Morgan fingerprint density at radius 1 is 0.812 bits per heavy atom. The monoisotopic (exact) mass is 449 g/mol.